The summed E-state index contributed by atoms with van der Waals surface area (Å²) in [6.07, 6.45) is 0.606. The Bertz CT molecular complexity index is 767. The van der Waals surface area contributed by atoms with Gasteiger partial charge in [0.25, 0.3) is 0 Å². The topological polar surface area (TPSA) is 32.7 Å². The summed E-state index contributed by atoms with van der Waals surface area (Å²) in [4.78, 5) is 2.25. The van der Waals surface area contributed by atoms with Crippen LogP contribution in [-0.4, -0.2) is 36.8 Å². The number of likely N-dealkylation sites (N-methyl/N-ethyl adjacent to an activating group) is 1. The fourth-order valence-corrected chi connectivity index (χ4v) is 3.85. The van der Waals surface area contributed by atoms with E-state index in [2.05, 4.69) is 39.6 Å². The number of halogens is 2. The lowest BCUT2D eigenvalue weighted by Crippen LogP contribution is -2.27. The highest BCUT2D eigenvalue weighted by Gasteiger charge is 2.13. The third-order valence-corrected chi connectivity index (χ3v) is 5.30. The average molecular weight is 424 g/mol. The van der Waals surface area contributed by atoms with Gasteiger partial charge in [0.2, 0.25) is 0 Å². The maximum absolute atomic E-state index is 10.0. The molecule has 0 fully saturated rings. The molecule has 0 spiro atoms. The lowest BCUT2D eigenvalue weighted by molar-refractivity contribution is 0.223. The van der Waals surface area contributed by atoms with Gasteiger partial charge in [-0.25, -0.2) is 0 Å². The van der Waals surface area contributed by atoms with Gasteiger partial charge in [0, 0.05) is 29.6 Å². The summed E-state index contributed by atoms with van der Waals surface area (Å²) in [7, 11) is 2.09. The van der Waals surface area contributed by atoms with Gasteiger partial charge in [-0.05, 0) is 53.8 Å². The minimum absolute atomic E-state index is 0.246. The summed E-state index contributed by atoms with van der Waals surface area (Å²) in [5.41, 5.74) is 2.86. The van der Waals surface area contributed by atoms with E-state index in [9.17, 15) is 5.11 Å². The first-order valence-electron chi connectivity index (χ1n) is 9.78. The Morgan fingerprint density at radius 2 is 1.68 bits per heavy atom. The number of hydrogen-bond donors (Lipinski definition) is 1. The van der Waals surface area contributed by atoms with Gasteiger partial charge in [0.1, 0.15) is 18.1 Å². The van der Waals surface area contributed by atoms with E-state index < -0.39 is 0 Å². The molecular formula is C23H31Cl2NO2. The van der Waals surface area contributed by atoms with Crippen LogP contribution < -0.4 is 4.74 Å². The third-order valence-electron chi connectivity index (χ3n) is 4.63. The molecule has 1 N–H and O–H groups in total. The molecule has 3 nitrogen and oxygen atoms in total. The maximum Gasteiger partial charge on any atom is 0.122 e. The molecular weight excluding hydrogens is 393 g/mol. The fourth-order valence-electron chi connectivity index (χ4n) is 3.25. The Kier molecular flexibility index (Phi) is 8.48. The van der Waals surface area contributed by atoms with E-state index in [-0.39, 0.29) is 5.92 Å². The summed E-state index contributed by atoms with van der Waals surface area (Å²) in [6, 6.07) is 9.31. The van der Waals surface area contributed by atoms with E-state index in [1.807, 2.05) is 24.3 Å². The van der Waals surface area contributed by atoms with Crippen molar-refractivity contribution in [2.45, 2.75) is 40.0 Å². The highest BCUT2D eigenvalue weighted by atomic mass is 35.5. The summed E-state index contributed by atoms with van der Waals surface area (Å²) < 4.78 is 5.85. The first-order chi connectivity index (χ1) is 13.2. The SMILES string of the molecule is CC(C)CN(C)CCOc1cc(Cl)c(Cc2ccc(O)c(C(C)C)c2)c(Cl)c1. The highest BCUT2D eigenvalue weighted by molar-refractivity contribution is 6.36. The molecule has 0 unspecified atom stereocenters. The minimum Gasteiger partial charge on any atom is -0.508 e. The van der Waals surface area contributed by atoms with Crippen LogP contribution in [0.15, 0.2) is 30.3 Å². The highest BCUT2D eigenvalue weighted by Crippen LogP contribution is 2.33. The van der Waals surface area contributed by atoms with Crippen molar-refractivity contribution in [3.8, 4) is 11.5 Å². The van der Waals surface area contributed by atoms with Gasteiger partial charge in [-0.2, -0.15) is 0 Å². The molecule has 5 heteroatoms. The average Bonchev–Trinajstić information content (AvgIpc) is 2.58. The zero-order valence-electron chi connectivity index (χ0n) is 17.4. The first kappa shape index (κ1) is 22.9. The van der Waals surface area contributed by atoms with Crippen molar-refractivity contribution in [2.75, 3.05) is 26.7 Å². The molecule has 0 heterocycles. The molecule has 154 valence electrons. The fraction of sp³-hybridized carbons (Fsp3) is 0.478. The van der Waals surface area contributed by atoms with Crippen LogP contribution in [0.25, 0.3) is 0 Å². The minimum atomic E-state index is 0.246. The Balaban J connectivity index is 2.07. The number of nitrogens with zero attached hydrogens (tertiary/aromatic N) is 1. The van der Waals surface area contributed by atoms with Gasteiger partial charge in [0.05, 0.1) is 0 Å². The van der Waals surface area contributed by atoms with E-state index in [1.54, 1.807) is 6.07 Å². The van der Waals surface area contributed by atoms with Crippen molar-refractivity contribution in [3.63, 3.8) is 0 Å². The number of benzene rings is 2. The molecule has 2 rings (SSSR count). The van der Waals surface area contributed by atoms with Gasteiger partial charge in [-0.1, -0.05) is 63.0 Å². The normalized spacial score (nSPS) is 11.6. The van der Waals surface area contributed by atoms with Gasteiger partial charge >= 0.3 is 0 Å². The standard InChI is InChI=1S/C23H31Cl2NO2/c1-15(2)14-26(5)8-9-28-18-12-21(24)20(22(25)13-18)11-17-6-7-23(27)19(10-17)16(3)4/h6-7,10,12-13,15-16,27H,8-9,11,14H2,1-5H3. The Labute approximate surface area is 179 Å². The second-order valence-electron chi connectivity index (χ2n) is 8.09. The van der Waals surface area contributed by atoms with Crippen molar-refractivity contribution in [2.24, 2.45) is 5.92 Å². The summed E-state index contributed by atoms with van der Waals surface area (Å²) in [5.74, 6) is 1.88. The molecule has 2 aromatic carbocycles. The van der Waals surface area contributed by atoms with E-state index >= 15 is 0 Å². The lowest BCUT2D eigenvalue weighted by Gasteiger charge is -2.19. The molecule has 0 saturated heterocycles. The molecule has 2 aromatic rings. The second-order valence-corrected chi connectivity index (χ2v) is 8.91. The second kappa shape index (κ2) is 10.4. The largest absolute Gasteiger partial charge is 0.508 e. The van der Waals surface area contributed by atoms with Gasteiger partial charge in [0.15, 0.2) is 0 Å². The Morgan fingerprint density at radius 1 is 1.04 bits per heavy atom. The number of hydrogen-bond acceptors (Lipinski definition) is 3. The molecule has 0 aliphatic heterocycles. The Hall–Kier alpha value is -1.42. The summed E-state index contributed by atoms with van der Waals surface area (Å²) >= 11 is 13.0. The van der Waals surface area contributed by atoms with E-state index in [4.69, 9.17) is 27.9 Å². The number of phenols is 1. The quantitative estimate of drug-likeness (QED) is 0.507. The number of aromatic hydroxyl groups is 1. The molecule has 0 atom stereocenters. The predicted molar refractivity (Wildman–Crippen MR) is 119 cm³/mol. The molecule has 0 aliphatic carbocycles. The van der Waals surface area contributed by atoms with Crippen molar-refractivity contribution < 1.29 is 9.84 Å². The van der Waals surface area contributed by atoms with Crippen LogP contribution >= 0.6 is 23.2 Å². The molecule has 0 radical (unpaired) electrons. The van der Waals surface area contributed by atoms with Crippen molar-refractivity contribution in [1.82, 2.24) is 4.90 Å². The van der Waals surface area contributed by atoms with Gasteiger partial charge in [-0.3, -0.25) is 0 Å². The van der Waals surface area contributed by atoms with Crippen LogP contribution in [-0.2, 0) is 6.42 Å². The van der Waals surface area contributed by atoms with Crippen molar-refractivity contribution in [3.05, 3.63) is 57.1 Å². The summed E-state index contributed by atoms with van der Waals surface area (Å²) in [5, 5.41) is 11.2. The maximum atomic E-state index is 10.0. The van der Waals surface area contributed by atoms with Crippen LogP contribution in [0.5, 0.6) is 11.5 Å². The monoisotopic (exact) mass is 423 g/mol. The molecule has 0 bridgehead atoms. The van der Waals surface area contributed by atoms with Crippen LogP contribution in [0.4, 0.5) is 0 Å². The van der Waals surface area contributed by atoms with Gasteiger partial charge in [-0.15, -0.1) is 0 Å². The van der Waals surface area contributed by atoms with Crippen LogP contribution in [0, 0.1) is 5.92 Å². The lowest BCUT2D eigenvalue weighted by atomic mass is 9.96. The number of ether oxygens (including phenoxy) is 1. The van der Waals surface area contributed by atoms with E-state index in [0.717, 1.165) is 29.8 Å². The zero-order chi connectivity index (χ0) is 20.8. The summed E-state index contributed by atoms with van der Waals surface area (Å²) in [6.45, 7) is 11.0. The number of rotatable bonds is 9. The molecule has 0 saturated carbocycles. The smallest absolute Gasteiger partial charge is 0.122 e. The predicted octanol–water partition coefficient (Wildman–Crippen LogP) is 6.38. The third kappa shape index (κ3) is 6.58. The number of phenolic OH excluding ortho intramolecular Hbond substituents is 1. The zero-order valence-corrected chi connectivity index (χ0v) is 18.9. The van der Waals surface area contributed by atoms with Gasteiger partial charge < -0.3 is 14.7 Å². The van der Waals surface area contributed by atoms with Crippen LogP contribution in [0.2, 0.25) is 10.0 Å². The van der Waals surface area contributed by atoms with Crippen LogP contribution in [0.1, 0.15) is 50.3 Å². The van der Waals surface area contributed by atoms with Crippen molar-refractivity contribution in [1.29, 1.82) is 0 Å². The first-order valence-corrected chi connectivity index (χ1v) is 10.5. The molecule has 0 aliphatic rings. The van der Waals surface area contributed by atoms with E-state index in [1.165, 1.54) is 0 Å². The Morgan fingerprint density at radius 3 is 2.25 bits per heavy atom. The molecule has 0 amide bonds. The molecule has 28 heavy (non-hydrogen) atoms. The van der Waals surface area contributed by atoms with Crippen LogP contribution in [0.3, 0.4) is 0 Å². The molecule has 0 aromatic heterocycles. The van der Waals surface area contributed by atoms with E-state index in [0.29, 0.717) is 40.5 Å². The van der Waals surface area contributed by atoms with Crippen molar-refractivity contribution >= 4 is 23.2 Å².